The number of fused-ring (bicyclic) bond motifs is 3. The van der Waals surface area contributed by atoms with Crippen LogP contribution in [0.25, 0.3) is 0 Å². The van der Waals surface area contributed by atoms with E-state index < -0.39 is 17.3 Å². The van der Waals surface area contributed by atoms with E-state index >= 15 is 0 Å². The smallest absolute Gasteiger partial charge is 0.188 e. The van der Waals surface area contributed by atoms with Gasteiger partial charge in [0.2, 0.25) is 0 Å². The van der Waals surface area contributed by atoms with Crippen LogP contribution in [0.3, 0.4) is 0 Å². The molecule has 0 amide bonds. The maximum Gasteiger partial charge on any atom is 0.188 e. The number of aliphatic hydroxyl groups is 1. The Bertz CT molecular complexity index is 849. The van der Waals surface area contributed by atoms with Crippen molar-refractivity contribution in [2.45, 2.75) is 95.5 Å². The normalized spacial score (nSPS) is 44.8. The number of carbonyl (C=O) groups is 1. The number of Topliss-reactive ketones (excluding diaryl/α,β-unsaturated/α-hetero) is 1. The second-order valence-electron chi connectivity index (χ2n) is 10.9. The Hall–Kier alpha value is -1.39. The molecule has 4 nitrogen and oxygen atoms in total. The topological polar surface area (TPSA) is 55.8 Å². The summed E-state index contributed by atoms with van der Waals surface area (Å²) in [6, 6.07) is 0. The summed E-state index contributed by atoms with van der Waals surface area (Å²) in [5.74, 6) is 2.02. The van der Waals surface area contributed by atoms with Crippen LogP contribution in [0.15, 0.2) is 35.6 Å². The van der Waals surface area contributed by atoms with Gasteiger partial charge in [-0.15, -0.1) is 6.58 Å². The van der Waals surface area contributed by atoms with E-state index in [9.17, 15) is 9.90 Å². The first-order valence-electron chi connectivity index (χ1n) is 11.3. The SMILES string of the molecule is C=CCC1=C[C@]2(C[C@@H](O)C(C)(C)O2)C2=C(CC[C@]3(CC[C@@]4(C(C)C)C[C@@H]34)O2)C1=O. The molecule has 3 fully saturated rings. The monoisotopic (exact) mass is 398 g/mol. The fraction of sp³-hybridized carbons (Fsp3) is 0.720. The van der Waals surface area contributed by atoms with Crippen LogP contribution in [0.4, 0.5) is 0 Å². The first-order valence-corrected chi connectivity index (χ1v) is 11.3. The number of allylic oxidation sites excluding steroid dienone is 3. The Morgan fingerprint density at radius 3 is 2.59 bits per heavy atom. The van der Waals surface area contributed by atoms with Gasteiger partial charge in [0.15, 0.2) is 5.78 Å². The second-order valence-corrected chi connectivity index (χ2v) is 10.9. The molecule has 1 saturated heterocycles. The molecule has 0 bridgehead atoms. The van der Waals surface area contributed by atoms with Gasteiger partial charge in [0.05, 0.1) is 11.7 Å². The number of ketones is 1. The Labute approximate surface area is 174 Å². The van der Waals surface area contributed by atoms with Gasteiger partial charge in [0.25, 0.3) is 0 Å². The zero-order valence-corrected chi connectivity index (χ0v) is 18.2. The van der Waals surface area contributed by atoms with Crippen LogP contribution >= 0.6 is 0 Å². The first kappa shape index (κ1) is 19.6. The summed E-state index contributed by atoms with van der Waals surface area (Å²) in [5, 5.41) is 10.7. The van der Waals surface area contributed by atoms with Gasteiger partial charge in [-0.25, -0.2) is 0 Å². The number of carbonyl (C=O) groups excluding carboxylic acids is 1. The van der Waals surface area contributed by atoms with E-state index in [4.69, 9.17) is 9.47 Å². The molecular formula is C25H34O4. The zero-order valence-electron chi connectivity index (χ0n) is 18.2. The molecule has 2 saturated carbocycles. The van der Waals surface area contributed by atoms with E-state index in [1.807, 2.05) is 19.9 Å². The molecule has 1 N–H and O–H groups in total. The lowest BCUT2D eigenvalue weighted by atomic mass is 9.76. The van der Waals surface area contributed by atoms with Crippen molar-refractivity contribution in [3.63, 3.8) is 0 Å². The van der Waals surface area contributed by atoms with Crippen LogP contribution in [0.1, 0.15) is 72.6 Å². The Morgan fingerprint density at radius 2 is 2.03 bits per heavy atom. The number of aliphatic hydroxyl groups excluding tert-OH is 1. The van der Waals surface area contributed by atoms with Gasteiger partial charge in [0.1, 0.15) is 17.0 Å². The summed E-state index contributed by atoms with van der Waals surface area (Å²) in [6.07, 6.45) is 9.22. The van der Waals surface area contributed by atoms with E-state index in [-0.39, 0.29) is 11.4 Å². The summed E-state index contributed by atoms with van der Waals surface area (Å²) in [5.41, 5.74) is 0.222. The van der Waals surface area contributed by atoms with Crippen LogP contribution in [0.5, 0.6) is 0 Å². The number of ether oxygens (including phenoxy) is 2. The van der Waals surface area contributed by atoms with Crippen molar-refractivity contribution in [2.75, 3.05) is 0 Å². The van der Waals surface area contributed by atoms with Gasteiger partial charge in [0, 0.05) is 23.5 Å². The lowest BCUT2D eigenvalue weighted by molar-refractivity contribution is -0.130. The van der Waals surface area contributed by atoms with Crippen molar-refractivity contribution in [2.24, 2.45) is 17.3 Å². The van der Waals surface area contributed by atoms with Gasteiger partial charge in [-0.1, -0.05) is 19.9 Å². The number of hydrogen-bond donors (Lipinski definition) is 1. The van der Waals surface area contributed by atoms with E-state index in [0.717, 1.165) is 30.4 Å². The first-order chi connectivity index (χ1) is 13.6. The van der Waals surface area contributed by atoms with Crippen LogP contribution < -0.4 is 0 Å². The van der Waals surface area contributed by atoms with Gasteiger partial charge >= 0.3 is 0 Å². The van der Waals surface area contributed by atoms with Crippen LogP contribution in [0.2, 0.25) is 0 Å². The van der Waals surface area contributed by atoms with Gasteiger partial charge < -0.3 is 14.6 Å². The Kier molecular flexibility index (Phi) is 3.95. The standard InChI is InChI=1S/C25H34O4/c1-6-7-16-12-25(14-19(26)22(4,5)29-25)21-17(20(16)27)8-9-24(28-21)11-10-23(15(2)3)13-18(23)24/h6,12,15,18-19,26H,1,7-11,13-14H2,2-5H3/t18-,19-,23+,24-,25+/m1/s1. The summed E-state index contributed by atoms with van der Waals surface area (Å²) >= 11 is 0. The molecule has 3 aliphatic carbocycles. The molecule has 5 aliphatic rings. The zero-order chi connectivity index (χ0) is 20.8. The third-order valence-electron chi connectivity index (χ3n) is 8.76. The molecule has 0 unspecified atom stereocenters. The number of rotatable bonds is 3. The fourth-order valence-electron chi connectivity index (χ4n) is 6.85. The van der Waals surface area contributed by atoms with Crippen LogP contribution in [-0.4, -0.2) is 33.8 Å². The lowest BCUT2D eigenvalue weighted by Crippen LogP contribution is -2.47. The van der Waals surface area contributed by atoms with Gasteiger partial charge in [-0.3, -0.25) is 4.79 Å². The highest BCUT2D eigenvalue weighted by Crippen LogP contribution is 2.74. The Balaban J connectivity index is 1.56. The largest absolute Gasteiger partial charge is 0.487 e. The quantitative estimate of drug-likeness (QED) is 0.704. The molecular weight excluding hydrogens is 364 g/mol. The van der Waals surface area contributed by atoms with Crippen molar-refractivity contribution in [1.29, 1.82) is 0 Å². The Morgan fingerprint density at radius 1 is 1.28 bits per heavy atom. The second kappa shape index (κ2) is 5.85. The molecule has 0 aromatic heterocycles. The van der Waals surface area contributed by atoms with Crippen molar-refractivity contribution >= 4 is 5.78 Å². The summed E-state index contributed by atoms with van der Waals surface area (Å²) in [6.45, 7) is 12.3. The predicted molar refractivity (Wildman–Crippen MR) is 111 cm³/mol. The maximum absolute atomic E-state index is 13.2. The molecule has 29 heavy (non-hydrogen) atoms. The van der Waals surface area contributed by atoms with Crippen molar-refractivity contribution in [3.05, 3.63) is 35.6 Å². The van der Waals surface area contributed by atoms with Crippen molar-refractivity contribution < 1.29 is 19.4 Å². The minimum atomic E-state index is -0.837. The third-order valence-corrected chi connectivity index (χ3v) is 8.76. The molecule has 4 heteroatoms. The molecule has 0 aromatic carbocycles. The molecule has 5 atom stereocenters. The van der Waals surface area contributed by atoms with E-state index in [1.165, 1.54) is 12.8 Å². The molecule has 2 aliphatic heterocycles. The summed E-state index contributed by atoms with van der Waals surface area (Å²) < 4.78 is 13.4. The van der Waals surface area contributed by atoms with Gasteiger partial charge in [-0.2, -0.15) is 0 Å². The molecule has 158 valence electrons. The highest BCUT2D eigenvalue weighted by Gasteiger charge is 2.72. The molecule has 2 heterocycles. The molecule has 5 rings (SSSR count). The predicted octanol–water partition coefficient (Wildman–Crippen LogP) is 4.63. The highest BCUT2D eigenvalue weighted by molar-refractivity contribution is 6.10. The van der Waals surface area contributed by atoms with Gasteiger partial charge in [-0.05, 0) is 69.8 Å². The van der Waals surface area contributed by atoms with E-state index in [2.05, 4.69) is 20.4 Å². The molecule has 0 aromatic rings. The number of hydrogen-bond acceptors (Lipinski definition) is 4. The lowest BCUT2D eigenvalue weighted by Gasteiger charge is -2.45. The van der Waals surface area contributed by atoms with E-state index in [1.54, 1.807) is 6.08 Å². The molecule has 0 radical (unpaired) electrons. The van der Waals surface area contributed by atoms with Crippen molar-refractivity contribution in [3.8, 4) is 0 Å². The fourth-order valence-corrected chi connectivity index (χ4v) is 6.85. The summed E-state index contributed by atoms with van der Waals surface area (Å²) in [7, 11) is 0. The van der Waals surface area contributed by atoms with Crippen LogP contribution in [0, 0.1) is 17.3 Å². The van der Waals surface area contributed by atoms with E-state index in [0.29, 0.717) is 35.9 Å². The highest BCUT2D eigenvalue weighted by atomic mass is 16.6. The minimum absolute atomic E-state index is 0.0760. The average molecular weight is 399 g/mol. The average Bonchev–Trinajstić information content (AvgIpc) is 3.28. The molecule has 2 spiro atoms. The van der Waals surface area contributed by atoms with Crippen molar-refractivity contribution in [1.82, 2.24) is 0 Å². The maximum atomic E-state index is 13.2. The third kappa shape index (κ3) is 2.48. The van der Waals surface area contributed by atoms with Crippen LogP contribution in [-0.2, 0) is 14.3 Å². The summed E-state index contributed by atoms with van der Waals surface area (Å²) in [4.78, 5) is 13.2. The minimum Gasteiger partial charge on any atom is -0.487 e.